The number of nitrogens with one attached hydrogen (secondary N) is 1. The summed E-state index contributed by atoms with van der Waals surface area (Å²) < 4.78 is 0. The molecule has 2 atom stereocenters. The van der Waals surface area contributed by atoms with E-state index in [9.17, 15) is 4.79 Å². The van der Waals surface area contributed by atoms with Crippen LogP contribution in [0.15, 0.2) is 6.07 Å². The lowest BCUT2D eigenvalue weighted by Gasteiger charge is -2.03. The zero-order chi connectivity index (χ0) is 11.0. The normalized spacial score (nSPS) is 23.7. The first-order valence-electron chi connectivity index (χ1n) is 4.57. The van der Waals surface area contributed by atoms with Gasteiger partial charge in [-0.15, -0.1) is 0 Å². The van der Waals surface area contributed by atoms with Crippen LogP contribution in [-0.4, -0.2) is 15.9 Å². The molecule has 1 aromatic heterocycles. The molecule has 1 aliphatic carbocycles. The van der Waals surface area contributed by atoms with Crippen molar-refractivity contribution >= 4 is 34.9 Å². The highest BCUT2D eigenvalue weighted by Crippen LogP contribution is 2.38. The van der Waals surface area contributed by atoms with Gasteiger partial charge in [0, 0.05) is 12.0 Å². The Hall–Kier alpha value is -0.870. The molecule has 4 nitrogen and oxygen atoms in total. The first-order valence-corrected chi connectivity index (χ1v) is 5.33. The van der Waals surface area contributed by atoms with Crippen LogP contribution in [0, 0.1) is 11.8 Å². The number of anilines is 1. The van der Waals surface area contributed by atoms with Gasteiger partial charge in [-0.05, 0) is 23.9 Å². The third-order valence-electron chi connectivity index (χ3n) is 2.37. The molecule has 0 bridgehead atoms. The molecule has 0 radical (unpaired) electrons. The van der Waals surface area contributed by atoms with Gasteiger partial charge < -0.3 is 5.32 Å². The second-order valence-electron chi connectivity index (χ2n) is 3.65. The molecule has 0 aliphatic heterocycles. The molecule has 0 aromatic carbocycles. The van der Waals surface area contributed by atoms with E-state index in [4.69, 9.17) is 23.2 Å². The maximum absolute atomic E-state index is 11.6. The zero-order valence-corrected chi connectivity index (χ0v) is 9.51. The summed E-state index contributed by atoms with van der Waals surface area (Å²) in [6, 6.07) is 1.47. The molecule has 1 N–H and O–H groups in total. The summed E-state index contributed by atoms with van der Waals surface area (Å²) in [6.07, 6.45) is 0.929. The lowest BCUT2D eigenvalue weighted by atomic mass is 10.3. The Kier molecular flexibility index (Phi) is 2.80. The summed E-state index contributed by atoms with van der Waals surface area (Å²) in [5.41, 5.74) is 0. The average Bonchev–Trinajstić information content (AvgIpc) is 2.80. The third-order valence-corrected chi connectivity index (χ3v) is 2.73. The van der Waals surface area contributed by atoms with Gasteiger partial charge in [0.05, 0.1) is 0 Å². The van der Waals surface area contributed by atoms with Gasteiger partial charge in [-0.1, -0.05) is 18.5 Å². The fourth-order valence-corrected chi connectivity index (χ4v) is 1.77. The van der Waals surface area contributed by atoms with Crippen molar-refractivity contribution in [1.29, 1.82) is 0 Å². The van der Waals surface area contributed by atoms with Crippen molar-refractivity contribution in [2.24, 2.45) is 11.8 Å². The standard InChI is InChI=1S/C9H9Cl2N3O/c1-4-2-5(4)8(15)13-7-3-6(10)12-9(11)14-7/h3-5H,2H2,1H3,(H,12,13,14,15). The number of aromatic nitrogens is 2. The molecule has 2 unspecified atom stereocenters. The maximum atomic E-state index is 11.6. The van der Waals surface area contributed by atoms with Crippen LogP contribution in [0.25, 0.3) is 0 Å². The van der Waals surface area contributed by atoms with E-state index in [0.29, 0.717) is 11.7 Å². The molecular formula is C9H9Cl2N3O. The topological polar surface area (TPSA) is 54.9 Å². The SMILES string of the molecule is CC1CC1C(=O)Nc1cc(Cl)nc(Cl)n1. The number of rotatable bonds is 2. The number of nitrogens with zero attached hydrogens (tertiary/aromatic N) is 2. The molecule has 1 amide bonds. The lowest BCUT2D eigenvalue weighted by molar-refractivity contribution is -0.117. The van der Waals surface area contributed by atoms with E-state index in [1.807, 2.05) is 6.92 Å². The highest BCUT2D eigenvalue weighted by molar-refractivity contribution is 6.32. The highest BCUT2D eigenvalue weighted by atomic mass is 35.5. The molecule has 1 heterocycles. The second-order valence-corrected chi connectivity index (χ2v) is 4.38. The van der Waals surface area contributed by atoms with Crippen LogP contribution in [0.5, 0.6) is 0 Å². The molecular weight excluding hydrogens is 237 g/mol. The molecule has 1 aliphatic rings. The summed E-state index contributed by atoms with van der Waals surface area (Å²) in [5.74, 6) is 0.868. The van der Waals surface area contributed by atoms with Crippen LogP contribution in [0.3, 0.4) is 0 Å². The number of carbonyl (C=O) groups is 1. The predicted octanol–water partition coefficient (Wildman–Crippen LogP) is 2.38. The fourth-order valence-electron chi connectivity index (χ4n) is 1.36. The minimum absolute atomic E-state index is 0.0293. The summed E-state index contributed by atoms with van der Waals surface area (Å²) >= 11 is 11.3. The largest absolute Gasteiger partial charge is 0.310 e. The number of amides is 1. The van der Waals surface area contributed by atoms with E-state index in [-0.39, 0.29) is 22.3 Å². The van der Waals surface area contributed by atoms with Crippen molar-refractivity contribution in [3.63, 3.8) is 0 Å². The minimum Gasteiger partial charge on any atom is -0.310 e. The van der Waals surface area contributed by atoms with Crippen molar-refractivity contribution < 1.29 is 4.79 Å². The molecule has 1 aromatic rings. The predicted molar refractivity (Wildman–Crippen MR) is 58.0 cm³/mol. The minimum atomic E-state index is -0.0340. The zero-order valence-electron chi connectivity index (χ0n) is 8.00. The average molecular weight is 246 g/mol. The van der Waals surface area contributed by atoms with Gasteiger partial charge in [-0.2, -0.15) is 0 Å². The van der Waals surface area contributed by atoms with Crippen LogP contribution in [0.1, 0.15) is 13.3 Å². The Labute approximate surface area is 97.0 Å². The first-order chi connectivity index (χ1) is 7.06. The summed E-state index contributed by atoms with van der Waals surface area (Å²) in [7, 11) is 0. The summed E-state index contributed by atoms with van der Waals surface area (Å²) in [6.45, 7) is 2.03. The van der Waals surface area contributed by atoms with Crippen LogP contribution in [0.4, 0.5) is 5.82 Å². The Bertz CT molecular complexity index is 390. The smallest absolute Gasteiger partial charge is 0.228 e. The quantitative estimate of drug-likeness (QED) is 0.643. The molecule has 6 heteroatoms. The Morgan fingerprint density at radius 1 is 1.53 bits per heavy atom. The van der Waals surface area contributed by atoms with Gasteiger partial charge in [0.2, 0.25) is 11.2 Å². The molecule has 1 saturated carbocycles. The number of halogens is 2. The number of carbonyl (C=O) groups excluding carboxylic acids is 1. The van der Waals surface area contributed by atoms with E-state index in [1.54, 1.807) is 0 Å². The van der Waals surface area contributed by atoms with Crippen molar-refractivity contribution in [2.45, 2.75) is 13.3 Å². The van der Waals surface area contributed by atoms with Crippen molar-refractivity contribution in [3.05, 3.63) is 16.5 Å². The van der Waals surface area contributed by atoms with Crippen LogP contribution in [-0.2, 0) is 4.79 Å². The first kappa shape index (κ1) is 10.6. The third kappa shape index (κ3) is 2.58. The van der Waals surface area contributed by atoms with Crippen LogP contribution >= 0.6 is 23.2 Å². The Morgan fingerprint density at radius 2 is 2.20 bits per heavy atom. The highest BCUT2D eigenvalue weighted by Gasteiger charge is 2.39. The lowest BCUT2D eigenvalue weighted by Crippen LogP contribution is -2.15. The molecule has 1 fully saturated rings. The van der Waals surface area contributed by atoms with E-state index in [0.717, 1.165) is 6.42 Å². The Balaban J connectivity index is 2.07. The number of hydrogen-bond acceptors (Lipinski definition) is 3. The van der Waals surface area contributed by atoms with Gasteiger partial charge in [0.1, 0.15) is 11.0 Å². The summed E-state index contributed by atoms with van der Waals surface area (Å²) in [5, 5.41) is 2.90. The Morgan fingerprint density at radius 3 is 2.73 bits per heavy atom. The van der Waals surface area contributed by atoms with Gasteiger partial charge in [0.25, 0.3) is 0 Å². The van der Waals surface area contributed by atoms with Gasteiger partial charge in [-0.25, -0.2) is 9.97 Å². The molecule has 0 spiro atoms. The molecule has 80 valence electrons. The fraction of sp³-hybridized carbons (Fsp3) is 0.444. The molecule has 2 rings (SSSR count). The monoisotopic (exact) mass is 245 g/mol. The van der Waals surface area contributed by atoms with Crippen molar-refractivity contribution in [2.75, 3.05) is 5.32 Å². The second kappa shape index (κ2) is 3.94. The van der Waals surface area contributed by atoms with Gasteiger partial charge >= 0.3 is 0 Å². The van der Waals surface area contributed by atoms with E-state index in [2.05, 4.69) is 15.3 Å². The molecule has 15 heavy (non-hydrogen) atoms. The van der Waals surface area contributed by atoms with E-state index < -0.39 is 0 Å². The summed E-state index contributed by atoms with van der Waals surface area (Å²) in [4.78, 5) is 19.1. The van der Waals surface area contributed by atoms with Gasteiger partial charge in [0.15, 0.2) is 0 Å². The van der Waals surface area contributed by atoms with Crippen LogP contribution in [0.2, 0.25) is 10.4 Å². The maximum Gasteiger partial charge on any atom is 0.228 e. The van der Waals surface area contributed by atoms with Gasteiger partial charge in [-0.3, -0.25) is 4.79 Å². The molecule has 0 saturated heterocycles. The van der Waals surface area contributed by atoms with Crippen LogP contribution < -0.4 is 5.32 Å². The van der Waals surface area contributed by atoms with Crippen molar-refractivity contribution in [3.8, 4) is 0 Å². The van der Waals surface area contributed by atoms with E-state index in [1.165, 1.54) is 6.07 Å². The number of hydrogen-bond donors (Lipinski definition) is 1. The van der Waals surface area contributed by atoms with Crippen molar-refractivity contribution in [1.82, 2.24) is 9.97 Å². The van der Waals surface area contributed by atoms with E-state index >= 15 is 0 Å².